The molecule has 1 atom stereocenters. The highest BCUT2D eigenvalue weighted by Crippen LogP contribution is 2.36. The molecule has 5 heteroatoms. The van der Waals surface area contributed by atoms with Crippen LogP contribution in [0.2, 0.25) is 0 Å². The van der Waals surface area contributed by atoms with Gasteiger partial charge in [0.15, 0.2) is 6.73 Å². The third-order valence-electron chi connectivity index (χ3n) is 3.58. The average Bonchev–Trinajstić information content (AvgIpc) is 2.95. The van der Waals surface area contributed by atoms with E-state index in [9.17, 15) is 4.79 Å². The second-order valence-corrected chi connectivity index (χ2v) is 4.57. The zero-order valence-corrected chi connectivity index (χ0v) is 11.0. The molecular formula is C15H14N2O3. The molecule has 0 saturated heterocycles. The standard InChI is InChI=1S/C15H14N2O3/c1-19-11-6-4-10(5-7-11)15(14(16)18)8-2-3-12-13(15)17-9-20-12/h2-8H,9H2,1H3,(H2,16,18). The van der Waals surface area contributed by atoms with Gasteiger partial charge in [-0.05, 0) is 23.8 Å². The summed E-state index contributed by atoms with van der Waals surface area (Å²) in [5.74, 6) is 0.837. The van der Waals surface area contributed by atoms with Gasteiger partial charge in [-0.3, -0.25) is 4.79 Å². The first-order valence-corrected chi connectivity index (χ1v) is 6.20. The number of carbonyl (C=O) groups excluding carboxylic acids is 1. The number of nitrogens with zero attached hydrogens (tertiary/aromatic N) is 1. The van der Waals surface area contributed by atoms with Gasteiger partial charge in [-0.1, -0.05) is 24.3 Å². The van der Waals surface area contributed by atoms with Gasteiger partial charge in [-0.25, -0.2) is 4.99 Å². The van der Waals surface area contributed by atoms with E-state index in [2.05, 4.69) is 4.99 Å². The van der Waals surface area contributed by atoms with Crippen molar-refractivity contribution >= 4 is 11.6 Å². The molecule has 0 spiro atoms. The Morgan fingerprint density at radius 2 is 2.15 bits per heavy atom. The van der Waals surface area contributed by atoms with Crippen LogP contribution in [0.1, 0.15) is 5.56 Å². The van der Waals surface area contributed by atoms with E-state index in [0.29, 0.717) is 17.2 Å². The average molecular weight is 270 g/mol. The van der Waals surface area contributed by atoms with Crippen molar-refractivity contribution in [1.29, 1.82) is 0 Å². The second-order valence-electron chi connectivity index (χ2n) is 4.57. The number of nitrogens with two attached hydrogens (primary N) is 1. The third-order valence-corrected chi connectivity index (χ3v) is 3.58. The van der Waals surface area contributed by atoms with Crippen LogP contribution in [0.5, 0.6) is 5.75 Å². The smallest absolute Gasteiger partial charge is 0.238 e. The summed E-state index contributed by atoms with van der Waals surface area (Å²) >= 11 is 0. The van der Waals surface area contributed by atoms with Crippen LogP contribution in [-0.2, 0) is 14.9 Å². The van der Waals surface area contributed by atoms with Crippen LogP contribution in [-0.4, -0.2) is 25.5 Å². The molecule has 0 aromatic heterocycles. The summed E-state index contributed by atoms with van der Waals surface area (Å²) in [7, 11) is 1.59. The number of ether oxygens (including phenoxy) is 2. The van der Waals surface area contributed by atoms with E-state index in [1.807, 2.05) is 12.1 Å². The first kappa shape index (κ1) is 12.5. The number of hydrogen-bond donors (Lipinski definition) is 1. The quantitative estimate of drug-likeness (QED) is 0.899. The number of amides is 1. The minimum atomic E-state index is -1.08. The minimum absolute atomic E-state index is 0.216. The molecule has 102 valence electrons. The Hall–Kier alpha value is -2.56. The van der Waals surface area contributed by atoms with Gasteiger partial charge in [-0.2, -0.15) is 0 Å². The molecule has 1 heterocycles. The van der Waals surface area contributed by atoms with E-state index in [4.69, 9.17) is 15.2 Å². The van der Waals surface area contributed by atoms with Gasteiger partial charge in [-0.15, -0.1) is 0 Å². The Bertz CT molecular complexity index is 644. The fourth-order valence-corrected chi connectivity index (χ4v) is 2.55. The number of aliphatic imine (C=N–C) groups is 1. The molecule has 1 aromatic carbocycles. The summed E-state index contributed by atoms with van der Waals surface area (Å²) in [6, 6.07) is 7.22. The zero-order chi connectivity index (χ0) is 14.2. The molecule has 1 amide bonds. The summed E-state index contributed by atoms with van der Waals surface area (Å²) in [4.78, 5) is 16.4. The monoisotopic (exact) mass is 270 g/mol. The number of carbonyl (C=O) groups is 1. The molecule has 20 heavy (non-hydrogen) atoms. The Kier molecular flexibility index (Phi) is 2.82. The van der Waals surface area contributed by atoms with E-state index in [-0.39, 0.29) is 6.73 Å². The van der Waals surface area contributed by atoms with Crippen molar-refractivity contribution < 1.29 is 14.3 Å². The lowest BCUT2D eigenvalue weighted by atomic mass is 9.72. The molecule has 0 bridgehead atoms. The normalized spacial score (nSPS) is 23.4. The van der Waals surface area contributed by atoms with Crippen LogP contribution in [0, 0.1) is 0 Å². The van der Waals surface area contributed by atoms with Crippen molar-refractivity contribution in [3.8, 4) is 5.75 Å². The van der Waals surface area contributed by atoms with Crippen molar-refractivity contribution in [3.63, 3.8) is 0 Å². The topological polar surface area (TPSA) is 73.9 Å². The van der Waals surface area contributed by atoms with Gasteiger partial charge in [0.05, 0.1) is 7.11 Å². The molecule has 5 nitrogen and oxygen atoms in total. The number of primary amides is 1. The van der Waals surface area contributed by atoms with Gasteiger partial charge < -0.3 is 15.2 Å². The third kappa shape index (κ3) is 1.63. The maximum absolute atomic E-state index is 12.1. The second kappa shape index (κ2) is 4.52. The first-order chi connectivity index (χ1) is 9.68. The molecule has 0 saturated carbocycles. The zero-order valence-electron chi connectivity index (χ0n) is 11.0. The van der Waals surface area contributed by atoms with Crippen molar-refractivity contribution in [2.24, 2.45) is 10.7 Å². The van der Waals surface area contributed by atoms with Crippen LogP contribution in [0.3, 0.4) is 0 Å². The maximum Gasteiger partial charge on any atom is 0.238 e. The van der Waals surface area contributed by atoms with Crippen LogP contribution in [0.15, 0.2) is 53.2 Å². The number of benzene rings is 1. The van der Waals surface area contributed by atoms with E-state index < -0.39 is 11.3 Å². The molecule has 3 rings (SSSR count). The van der Waals surface area contributed by atoms with Crippen molar-refractivity contribution in [2.45, 2.75) is 5.41 Å². The Morgan fingerprint density at radius 1 is 1.40 bits per heavy atom. The Balaban J connectivity index is 2.15. The molecular weight excluding hydrogens is 256 g/mol. The van der Waals surface area contributed by atoms with Crippen LogP contribution in [0.25, 0.3) is 0 Å². The molecule has 1 aromatic rings. The molecule has 2 aliphatic rings. The molecule has 0 radical (unpaired) electrons. The Labute approximate surface area is 116 Å². The maximum atomic E-state index is 12.1. The van der Waals surface area contributed by atoms with Gasteiger partial charge in [0.1, 0.15) is 22.6 Å². The lowest BCUT2D eigenvalue weighted by molar-refractivity contribution is -0.120. The van der Waals surface area contributed by atoms with Crippen LogP contribution < -0.4 is 10.5 Å². The highest BCUT2D eigenvalue weighted by atomic mass is 16.5. The van der Waals surface area contributed by atoms with E-state index in [1.165, 1.54) is 0 Å². The predicted molar refractivity (Wildman–Crippen MR) is 74.5 cm³/mol. The largest absolute Gasteiger partial charge is 0.497 e. The number of rotatable bonds is 3. The minimum Gasteiger partial charge on any atom is -0.497 e. The molecule has 0 fully saturated rings. The summed E-state index contributed by atoms with van der Waals surface area (Å²) in [6.07, 6.45) is 5.32. The van der Waals surface area contributed by atoms with Crippen molar-refractivity contribution in [2.75, 3.05) is 13.8 Å². The SMILES string of the molecule is COc1ccc(C2(C(N)=O)C=CC=C3OCN=C32)cc1. The summed E-state index contributed by atoms with van der Waals surface area (Å²) in [5.41, 5.74) is 5.91. The molecule has 1 aliphatic carbocycles. The first-order valence-electron chi connectivity index (χ1n) is 6.20. The fraction of sp³-hybridized carbons (Fsp3) is 0.200. The highest BCUT2D eigenvalue weighted by molar-refractivity contribution is 6.23. The van der Waals surface area contributed by atoms with Crippen molar-refractivity contribution in [1.82, 2.24) is 0 Å². The predicted octanol–water partition coefficient (Wildman–Crippen LogP) is 1.30. The molecule has 1 aliphatic heterocycles. The number of methoxy groups -OCH3 is 1. The van der Waals surface area contributed by atoms with Crippen LogP contribution >= 0.6 is 0 Å². The molecule has 1 unspecified atom stereocenters. The lowest BCUT2D eigenvalue weighted by Crippen LogP contribution is -2.47. The van der Waals surface area contributed by atoms with E-state index >= 15 is 0 Å². The van der Waals surface area contributed by atoms with Crippen molar-refractivity contribution in [3.05, 3.63) is 53.8 Å². The molecule has 2 N–H and O–H groups in total. The lowest BCUT2D eigenvalue weighted by Gasteiger charge is -2.29. The summed E-state index contributed by atoms with van der Waals surface area (Å²) < 4.78 is 10.5. The van der Waals surface area contributed by atoms with E-state index in [1.54, 1.807) is 37.5 Å². The number of fused-ring (bicyclic) bond motifs is 1. The van der Waals surface area contributed by atoms with Gasteiger partial charge in [0.2, 0.25) is 5.91 Å². The van der Waals surface area contributed by atoms with Gasteiger partial charge in [0.25, 0.3) is 0 Å². The number of allylic oxidation sites excluding steroid dienone is 3. The number of hydrogen-bond acceptors (Lipinski definition) is 4. The Morgan fingerprint density at radius 3 is 2.80 bits per heavy atom. The summed E-state index contributed by atoms with van der Waals surface area (Å²) in [6.45, 7) is 0.216. The summed E-state index contributed by atoms with van der Waals surface area (Å²) in [5, 5.41) is 0. The van der Waals surface area contributed by atoms with Crippen LogP contribution in [0.4, 0.5) is 0 Å². The van der Waals surface area contributed by atoms with E-state index in [0.717, 1.165) is 5.56 Å². The van der Waals surface area contributed by atoms with Gasteiger partial charge >= 0.3 is 0 Å². The highest BCUT2D eigenvalue weighted by Gasteiger charge is 2.46. The fourth-order valence-electron chi connectivity index (χ4n) is 2.55. The van der Waals surface area contributed by atoms with Gasteiger partial charge in [0, 0.05) is 0 Å².